The summed E-state index contributed by atoms with van der Waals surface area (Å²) < 4.78 is 12.7. The Bertz CT molecular complexity index is 422. The number of likely N-dealkylation sites (N-methyl/N-ethyl adjacent to an activating group) is 2. The van der Waals surface area contributed by atoms with Gasteiger partial charge in [0.05, 0.1) is 6.54 Å². The van der Waals surface area contributed by atoms with E-state index in [1.807, 2.05) is 0 Å². The fraction of sp³-hybridized carbons (Fsp3) is 0.333. The molecule has 1 aromatic rings. The van der Waals surface area contributed by atoms with E-state index in [0.717, 1.165) is 5.56 Å². The summed E-state index contributed by atoms with van der Waals surface area (Å²) in [5, 5.41) is 6.00. The molecule has 18 heavy (non-hydrogen) atoms. The Hall–Kier alpha value is -1.69. The van der Waals surface area contributed by atoms with E-state index in [-0.39, 0.29) is 18.3 Å². The summed E-state index contributed by atoms with van der Waals surface area (Å²) in [4.78, 5) is 12.8. The van der Waals surface area contributed by atoms with Crippen molar-refractivity contribution >= 4 is 23.2 Å². The predicted molar refractivity (Wildman–Crippen MR) is 72.5 cm³/mol. The Morgan fingerprint density at radius 2 is 2.00 bits per heavy atom. The van der Waals surface area contributed by atoms with Gasteiger partial charge in [-0.3, -0.25) is 4.79 Å². The van der Waals surface area contributed by atoms with Gasteiger partial charge in [0, 0.05) is 20.6 Å². The highest BCUT2D eigenvalue weighted by molar-refractivity contribution is 7.80. The van der Waals surface area contributed by atoms with Crippen molar-refractivity contribution in [1.82, 2.24) is 15.5 Å². The number of nitrogens with zero attached hydrogens (tertiary/aromatic N) is 1. The van der Waals surface area contributed by atoms with Crippen molar-refractivity contribution in [1.29, 1.82) is 0 Å². The van der Waals surface area contributed by atoms with Crippen molar-refractivity contribution in [3.63, 3.8) is 0 Å². The van der Waals surface area contributed by atoms with Crippen molar-refractivity contribution in [2.75, 3.05) is 20.6 Å². The van der Waals surface area contributed by atoms with Gasteiger partial charge in [0.15, 0.2) is 5.11 Å². The lowest BCUT2D eigenvalue weighted by atomic mass is 10.2. The molecular formula is C12H16FN3OS. The molecule has 0 unspecified atom stereocenters. The second-order valence-electron chi connectivity index (χ2n) is 3.81. The molecule has 0 aromatic heterocycles. The SMILES string of the molecule is CNC(=O)CN(C)C(=S)NCc1ccc(F)cc1. The fourth-order valence-corrected chi connectivity index (χ4v) is 1.42. The molecule has 98 valence electrons. The average Bonchev–Trinajstić information content (AvgIpc) is 2.37. The second-order valence-corrected chi connectivity index (χ2v) is 4.20. The van der Waals surface area contributed by atoms with Crippen LogP contribution in [-0.2, 0) is 11.3 Å². The Balaban J connectivity index is 2.41. The third kappa shape index (κ3) is 4.67. The Morgan fingerprint density at radius 1 is 1.39 bits per heavy atom. The van der Waals surface area contributed by atoms with Crippen LogP contribution in [0.4, 0.5) is 4.39 Å². The van der Waals surface area contributed by atoms with Crippen molar-refractivity contribution < 1.29 is 9.18 Å². The lowest BCUT2D eigenvalue weighted by molar-refractivity contribution is -0.120. The van der Waals surface area contributed by atoms with Crippen LogP contribution < -0.4 is 10.6 Å². The van der Waals surface area contributed by atoms with Crippen molar-refractivity contribution in [2.24, 2.45) is 0 Å². The second kappa shape index (κ2) is 6.90. The first-order chi connectivity index (χ1) is 8.52. The number of carbonyl (C=O) groups is 1. The predicted octanol–water partition coefficient (Wildman–Crippen LogP) is 0.878. The first-order valence-electron chi connectivity index (χ1n) is 5.47. The average molecular weight is 269 g/mol. The van der Waals surface area contributed by atoms with Crippen molar-refractivity contribution in [2.45, 2.75) is 6.54 Å². The van der Waals surface area contributed by atoms with Crippen LogP contribution in [0.2, 0.25) is 0 Å². The number of thiocarbonyl (C=S) groups is 1. The largest absolute Gasteiger partial charge is 0.358 e. The highest BCUT2D eigenvalue weighted by Crippen LogP contribution is 2.02. The maximum atomic E-state index is 12.7. The number of benzene rings is 1. The van der Waals surface area contributed by atoms with Gasteiger partial charge in [0.1, 0.15) is 5.82 Å². The van der Waals surface area contributed by atoms with Crippen LogP contribution in [0.15, 0.2) is 24.3 Å². The standard InChI is InChI=1S/C12H16FN3OS/c1-14-11(17)8-16(2)12(18)15-7-9-3-5-10(13)6-4-9/h3-6H,7-8H2,1-2H3,(H,14,17)(H,15,18). The summed E-state index contributed by atoms with van der Waals surface area (Å²) in [7, 11) is 3.31. The van der Waals surface area contributed by atoms with Gasteiger partial charge >= 0.3 is 0 Å². The van der Waals surface area contributed by atoms with Gasteiger partial charge in [0.25, 0.3) is 0 Å². The normalized spacial score (nSPS) is 9.72. The topological polar surface area (TPSA) is 44.4 Å². The zero-order valence-corrected chi connectivity index (χ0v) is 11.2. The van der Waals surface area contributed by atoms with E-state index >= 15 is 0 Å². The third-order valence-corrected chi connectivity index (χ3v) is 2.82. The number of hydrogen-bond donors (Lipinski definition) is 2. The maximum Gasteiger partial charge on any atom is 0.239 e. The molecule has 0 aliphatic carbocycles. The van der Waals surface area contributed by atoms with Crippen LogP contribution in [0.1, 0.15) is 5.56 Å². The molecular weight excluding hydrogens is 253 g/mol. The molecule has 0 radical (unpaired) electrons. The lowest BCUT2D eigenvalue weighted by Gasteiger charge is -2.20. The van der Waals surface area contributed by atoms with Crippen LogP contribution in [0.3, 0.4) is 0 Å². The van der Waals surface area contributed by atoms with Gasteiger partial charge in [-0.05, 0) is 29.9 Å². The fourth-order valence-electron chi connectivity index (χ4n) is 1.28. The monoisotopic (exact) mass is 269 g/mol. The van der Waals surface area contributed by atoms with Crippen LogP contribution >= 0.6 is 12.2 Å². The van der Waals surface area contributed by atoms with Crippen molar-refractivity contribution in [3.05, 3.63) is 35.6 Å². The summed E-state index contributed by atoms with van der Waals surface area (Å²) in [5.41, 5.74) is 0.923. The number of amides is 1. The van der Waals surface area contributed by atoms with Gasteiger partial charge in [-0.1, -0.05) is 12.1 Å². The molecule has 0 aliphatic rings. The van der Waals surface area contributed by atoms with Gasteiger partial charge in [-0.15, -0.1) is 0 Å². The molecule has 2 N–H and O–H groups in total. The van der Waals surface area contributed by atoms with Gasteiger partial charge in [0.2, 0.25) is 5.91 Å². The molecule has 0 saturated carbocycles. The molecule has 4 nitrogen and oxygen atoms in total. The zero-order valence-electron chi connectivity index (χ0n) is 10.4. The lowest BCUT2D eigenvalue weighted by Crippen LogP contribution is -2.42. The van der Waals surface area contributed by atoms with Crippen LogP contribution in [0.5, 0.6) is 0 Å². The number of nitrogens with one attached hydrogen (secondary N) is 2. The van der Waals surface area contributed by atoms with E-state index < -0.39 is 0 Å². The molecule has 0 atom stereocenters. The Morgan fingerprint density at radius 3 is 2.56 bits per heavy atom. The summed E-state index contributed by atoms with van der Waals surface area (Å²) in [6.45, 7) is 0.697. The highest BCUT2D eigenvalue weighted by atomic mass is 32.1. The van der Waals surface area contributed by atoms with Crippen LogP contribution in [0, 0.1) is 5.82 Å². The maximum absolute atomic E-state index is 12.7. The minimum absolute atomic E-state index is 0.108. The van der Waals surface area contributed by atoms with E-state index in [1.54, 1.807) is 31.1 Å². The van der Waals surface area contributed by atoms with Gasteiger partial charge in [-0.25, -0.2) is 4.39 Å². The van der Waals surface area contributed by atoms with E-state index in [0.29, 0.717) is 11.7 Å². The molecule has 0 heterocycles. The molecule has 6 heteroatoms. The van der Waals surface area contributed by atoms with E-state index in [4.69, 9.17) is 12.2 Å². The number of halogens is 1. The van der Waals surface area contributed by atoms with Gasteiger partial charge in [-0.2, -0.15) is 0 Å². The quantitative estimate of drug-likeness (QED) is 0.796. The highest BCUT2D eigenvalue weighted by Gasteiger charge is 2.07. The molecule has 0 saturated heterocycles. The summed E-state index contributed by atoms with van der Waals surface area (Å²) >= 11 is 5.13. The zero-order chi connectivity index (χ0) is 13.5. The summed E-state index contributed by atoms with van der Waals surface area (Å²) in [5.74, 6) is -0.374. The molecule has 1 amide bonds. The van der Waals surface area contributed by atoms with E-state index in [1.165, 1.54) is 12.1 Å². The first-order valence-corrected chi connectivity index (χ1v) is 5.87. The minimum Gasteiger partial charge on any atom is -0.358 e. The number of hydrogen-bond acceptors (Lipinski definition) is 2. The molecule has 0 fully saturated rings. The Kier molecular flexibility index (Phi) is 5.51. The molecule has 1 aromatic carbocycles. The van der Waals surface area contributed by atoms with Gasteiger partial charge < -0.3 is 15.5 Å². The molecule has 0 bridgehead atoms. The smallest absolute Gasteiger partial charge is 0.239 e. The van der Waals surface area contributed by atoms with Crippen LogP contribution in [-0.4, -0.2) is 36.6 Å². The number of carbonyl (C=O) groups excluding carboxylic acids is 1. The summed E-state index contributed by atoms with van der Waals surface area (Å²) in [6, 6.07) is 6.16. The molecule has 0 aliphatic heterocycles. The van der Waals surface area contributed by atoms with Crippen LogP contribution in [0.25, 0.3) is 0 Å². The van der Waals surface area contributed by atoms with E-state index in [2.05, 4.69) is 10.6 Å². The molecule has 1 rings (SSSR count). The van der Waals surface area contributed by atoms with Crippen molar-refractivity contribution in [3.8, 4) is 0 Å². The Labute approximate surface area is 111 Å². The summed E-state index contributed by atoms with van der Waals surface area (Å²) in [6.07, 6.45) is 0. The number of rotatable bonds is 4. The van der Waals surface area contributed by atoms with E-state index in [9.17, 15) is 9.18 Å². The first kappa shape index (κ1) is 14.4. The molecule has 0 spiro atoms. The minimum atomic E-state index is -0.266. The third-order valence-electron chi connectivity index (χ3n) is 2.36.